The van der Waals surface area contributed by atoms with E-state index in [2.05, 4.69) is 31.0 Å². The Kier molecular flexibility index (Phi) is 5.26. The lowest BCUT2D eigenvalue weighted by molar-refractivity contribution is 0.0594. The molecule has 0 radical (unpaired) electrons. The number of halogens is 3. The number of anilines is 1. The first kappa shape index (κ1) is 15.6. The molecule has 0 aromatic carbocycles. The van der Waals surface area contributed by atoms with Gasteiger partial charge in [-0.15, -0.1) is 11.3 Å². The minimum atomic E-state index is -0.628. The van der Waals surface area contributed by atoms with Crippen LogP contribution in [0.5, 0.6) is 0 Å². The SMILES string of the molecule is COC(=O)c1nc(Cl)cc(NCc2ccsc2Br)c1Cl. The molecule has 2 aromatic heterocycles. The molecule has 0 aliphatic rings. The van der Waals surface area contributed by atoms with Gasteiger partial charge in [-0.2, -0.15) is 0 Å². The molecular formula is C12H9BrCl2N2O2S. The second-order valence-electron chi connectivity index (χ2n) is 3.72. The van der Waals surface area contributed by atoms with E-state index in [4.69, 9.17) is 23.2 Å². The molecule has 8 heteroatoms. The summed E-state index contributed by atoms with van der Waals surface area (Å²) in [4.78, 5) is 15.4. The van der Waals surface area contributed by atoms with Crippen LogP contribution in [0.1, 0.15) is 16.1 Å². The number of esters is 1. The van der Waals surface area contributed by atoms with E-state index < -0.39 is 5.97 Å². The number of hydrogen-bond acceptors (Lipinski definition) is 5. The van der Waals surface area contributed by atoms with Crippen LogP contribution in [0.25, 0.3) is 0 Å². The van der Waals surface area contributed by atoms with Gasteiger partial charge in [0.2, 0.25) is 0 Å². The van der Waals surface area contributed by atoms with Crippen LogP contribution in [-0.4, -0.2) is 18.1 Å². The fraction of sp³-hybridized carbons (Fsp3) is 0.167. The van der Waals surface area contributed by atoms with Crippen molar-refractivity contribution in [3.8, 4) is 0 Å². The number of carbonyl (C=O) groups excluding carboxylic acids is 1. The fourth-order valence-corrected chi connectivity index (χ4v) is 3.17. The number of hydrogen-bond donors (Lipinski definition) is 1. The minimum absolute atomic E-state index is 0.00597. The largest absolute Gasteiger partial charge is 0.464 e. The Balaban J connectivity index is 2.25. The third-order valence-electron chi connectivity index (χ3n) is 2.47. The number of methoxy groups -OCH3 is 1. The highest BCUT2D eigenvalue weighted by molar-refractivity contribution is 9.11. The summed E-state index contributed by atoms with van der Waals surface area (Å²) >= 11 is 17.1. The zero-order valence-electron chi connectivity index (χ0n) is 10.2. The van der Waals surface area contributed by atoms with Gasteiger partial charge in [0.15, 0.2) is 5.69 Å². The second-order valence-corrected chi connectivity index (χ2v) is 6.72. The molecular weight excluding hydrogens is 387 g/mol. The van der Waals surface area contributed by atoms with Gasteiger partial charge in [-0.25, -0.2) is 9.78 Å². The molecule has 2 aromatic rings. The number of nitrogens with one attached hydrogen (secondary N) is 1. The van der Waals surface area contributed by atoms with Crippen molar-refractivity contribution in [2.45, 2.75) is 6.54 Å². The molecule has 2 heterocycles. The average Bonchev–Trinajstić information content (AvgIpc) is 2.84. The van der Waals surface area contributed by atoms with E-state index in [0.717, 1.165) is 9.35 Å². The Labute approximate surface area is 138 Å². The molecule has 0 atom stereocenters. The van der Waals surface area contributed by atoms with Gasteiger partial charge in [0, 0.05) is 12.6 Å². The summed E-state index contributed by atoms with van der Waals surface area (Å²) in [5.41, 5.74) is 1.61. The third kappa shape index (κ3) is 3.44. The average molecular weight is 396 g/mol. The number of aromatic nitrogens is 1. The van der Waals surface area contributed by atoms with Crippen LogP contribution in [0.3, 0.4) is 0 Å². The highest BCUT2D eigenvalue weighted by Crippen LogP contribution is 2.30. The summed E-state index contributed by atoms with van der Waals surface area (Å²) in [5, 5.41) is 5.46. The van der Waals surface area contributed by atoms with Crippen molar-refractivity contribution >= 4 is 62.1 Å². The van der Waals surface area contributed by atoms with Crippen LogP contribution in [0.4, 0.5) is 5.69 Å². The van der Waals surface area contributed by atoms with Crippen molar-refractivity contribution in [3.63, 3.8) is 0 Å². The molecule has 4 nitrogen and oxygen atoms in total. The van der Waals surface area contributed by atoms with E-state index in [-0.39, 0.29) is 15.9 Å². The van der Waals surface area contributed by atoms with Crippen molar-refractivity contribution in [2.24, 2.45) is 0 Å². The zero-order valence-corrected chi connectivity index (χ0v) is 14.2. The third-order valence-corrected chi connectivity index (χ3v) is 4.86. The second kappa shape index (κ2) is 6.76. The van der Waals surface area contributed by atoms with Gasteiger partial charge in [-0.05, 0) is 32.9 Å². The summed E-state index contributed by atoms with van der Waals surface area (Å²) in [7, 11) is 1.26. The van der Waals surface area contributed by atoms with Crippen molar-refractivity contribution in [1.29, 1.82) is 0 Å². The fourth-order valence-electron chi connectivity index (χ4n) is 1.49. The summed E-state index contributed by atoms with van der Waals surface area (Å²) < 4.78 is 5.65. The van der Waals surface area contributed by atoms with Gasteiger partial charge in [0.05, 0.1) is 21.6 Å². The maximum absolute atomic E-state index is 11.6. The van der Waals surface area contributed by atoms with Gasteiger partial charge in [-0.3, -0.25) is 0 Å². The summed E-state index contributed by atoms with van der Waals surface area (Å²) in [6, 6.07) is 3.55. The van der Waals surface area contributed by atoms with E-state index in [9.17, 15) is 4.79 Å². The Morgan fingerprint density at radius 3 is 2.90 bits per heavy atom. The van der Waals surface area contributed by atoms with E-state index >= 15 is 0 Å². The molecule has 20 heavy (non-hydrogen) atoms. The van der Waals surface area contributed by atoms with Gasteiger partial charge >= 0.3 is 5.97 Å². The van der Waals surface area contributed by atoms with Crippen LogP contribution in [-0.2, 0) is 11.3 Å². The number of ether oxygens (including phenoxy) is 1. The topological polar surface area (TPSA) is 51.2 Å². The van der Waals surface area contributed by atoms with Crippen LogP contribution in [0.2, 0.25) is 10.2 Å². The monoisotopic (exact) mass is 394 g/mol. The van der Waals surface area contributed by atoms with E-state index in [0.29, 0.717) is 12.2 Å². The number of nitrogens with zero attached hydrogens (tertiary/aromatic N) is 1. The molecule has 1 N–H and O–H groups in total. The Hall–Kier alpha value is -0.820. The molecule has 106 valence electrons. The highest BCUT2D eigenvalue weighted by Gasteiger charge is 2.17. The Morgan fingerprint density at radius 2 is 2.30 bits per heavy atom. The summed E-state index contributed by atoms with van der Waals surface area (Å²) in [6.45, 7) is 0.546. The molecule has 0 unspecified atom stereocenters. The Bertz CT molecular complexity index is 648. The zero-order chi connectivity index (χ0) is 14.7. The van der Waals surface area contributed by atoms with Crippen molar-refractivity contribution in [1.82, 2.24) is 4.98 Å². The number of thiophene rings is 1. The van der Waals surface area contributed by atoms with Crippen molar-refractivity contribution in [3.05, 3.63) is 42.7 Å². The Morgan fingerprint density at radius 1 is 1.55 bits per heavy atom. The lowest BCUT2D eigenvalue weighted by Crippen LogP contribution is -2.08. The van der Waals surface area contributed by atoms with Gasteiger partial charge in [-0.1, -0.05) is 23.2 Å². The predicted octanol–water partition coefficient (Wildman–Crippen LogP) is 4.61. The first-order valence-electron chi connectivity index (χ1n) is 5.43. The van der Waals surface area contributed by atoms with Gasteiger partial charge < -0.3 is 10.1 Å². The van der Waals surface area contributed by atoms with Crippen LogP contribution in [0, 0.1) is 0 Å². The highest BCUT2D eigenvalue weighted by atomic mass is 79.9. The van der Waals surface area contributed by atoms with Crippen molar-refractivity contribution in [2.75, 3.05) is 12.4 Å². The predicted molar refractivity (Wildman–Crippen MR) is 84.9 cm³/mol. The molecule has 0 spiro atoms. The molecule has 0 aliphatic heterocycles. The van der Waals surface area contributed by atoms with E-state index in [1.165, 1.54) is 7.11 Å². The number of carbonyl (C=O) groups is 1. The smallest absolute Gasteiger partial charge is 0.358 e. The van der Waals surface area contributed by atoms with E-state index in [1.54, 1.807) is 17.4 Å². The van der Waals surface area contributed by atoms with Gasteiger partial charge in [0.1, 0.15) is 5.15 Å². The standard InChI is InChI=1S/C12H9BrCl2N2O2S/c1-19-12(18)10-9(15)7(4-8(14)17-10)16-5-6-2-3-20-11(6)13/h2-4H,5H2,1H3,(H,16,17). The van der Waals surface area contributed by atoms with Gasteiger partial charge in [0.25, 0.3) is 0 Å². The quantitative estimate of drug-likeness (QED) is 0.606. The molecule has 0 amide bonds. The first-order valence-corrected chi connectivity index (χ1v) is 7.86. The van der Waals surface area contributed by atoms with Crippen LogP contribution < -0.4 is 5.32 Å². The lowest BCUT2D eigenvalue weighted by atomic mass is 10.3. The first-order chi connectivity index (χ1) is 9.52. The summed E-state index contributed by atoms with van der Waals surface area (Å²) in [6.07, 6.45) is 0. The lowest BCUT2D eigenvalue weighted by Gasteiger charge is -2.11. The number of pyridine rings is 1. The van der Waals surface area contributed by atoms with Crippen molar-refractivity contribution < 1.29 is 9.53 Å². The molecule has 0 saturated carbocycles. The molecule has 0 bridgehead atoms. The molecule has 0 fully saturated rings. The molecule has 0 saturated heterocycles. The summed E-state index contributed by atoms with van der Waals surface area (Å²) in [5.74, 6) is -0.628. The molecule has 0 aliphatic carbocycles. The normalized spacial score (nSPS) is 10.4. The minimum Gasteiger partial charge on any atom is -0.464 e. The van der Waals surface area contributed by atoms with Crippen LogP contribution in [0.15, 0.2) is 21.3 Å². The maximum Gasteiger partial charge on any atom is 0.358 e. The molecule has 2 rings (SSSR count). The van der Waals surface area contributed by atoms with E-state index in [1.807, 2.05) is 11.4 Å². The number of rotatable bonds is 4. The van der Waals surface area contributed by atoms with Crippen LogP contribution >= 0.6 is 50.5 Å². The maximum atomic E-state index is 11.6.